The van der Waals surface area contributed by atoms with Crippen LogP contribution in [0.2, 0.25) is 0 Å². The van der Waals surface area contributed by atoms with Gasteiger partial charge < -0.3 is 14.8 Å². The quantitative estimate of drug-likeness (QED) is 0.877. The number of aromatic nitrogens is 2. The molecule has 112 valence electrons. The maximum Gasteiger partial charge on any atom is 0.0948 e. The highest BCUT2D eigenvalue weighted by molar-refractivity contribution is 5.08. The molecule has 20 heavy (non-hydrogen) atoms. The number of piperidine rings is 1. The molecule has 3 heterocycles. The van der Waals surface area contributed by atoms with E-state index in [-0.39, 0.29) is 0 Å². The molecule has 0 radical (unpaired) electrons. The number of nitrogens with one attached hydrogen (secondary N) is 1. The van der Waals surface area contributed by atoms with Gasteiger partial charge in [-0.2, -0.15) is 0 Å². The molecule has 1 atom stereocenters. The van der Waals surface area contributed by atoms with Gasteiger partial charge in [0.2, 0.25) is 0 Å². The fourth-order valence-electron chi connectivity index (χ4n) is 3.47. The Hall–Kier alpha value is -0.910. The van der Waals surface area contributed by atoms with E-state index in [0.29, 0.717) is 12.0 Å². The first-order valence-electron chi connectivity index (χ1n) is 7.83. The summed E-state index contributed by atoms with van der Waals surface area (Å²) >= 11 is 0. The van der Waals surface area contributed by atoms with E-state index in [4.69, 9.17) is 0 Å². The molecule has 1 N–H and O–H groups in total. The number of likely N-dealkylation sites (N-methyl/N-ethyl adjacent to an activating group) is 2. The van der Waals surface area contributed by atoms with E-state index < -0.39 is 0 Å². The van der Waals surface area contributed by atoms with Crippen LogP contribution in [0.1, 0.15) is 24.5 Å². The Balaban J connectivity index is 1.69. The van der Waals surface area contributed by atoms with Crippen LogP contribution in [0.4, 0.5) is 0 Å². The van der Waals surface area contributed by atoms with Crippen molar-refractivity contribution in [2.24, 2.45) is 0 Å². The lowest BCUT2D eigenvalue weighted by Gasteiger charge is -2.38. The molecule has 0 bridgehead atoms. The Morgan fingerprint density at radius 3 is 2.85 bits per heavy atom. The minimum Gasteiger partial charge on any atom is -0.333 e. The van der Waals surface area contributed by atoms with Gasteiger partial charge in [0.1, 0.15) is 0 Å². The SMILES string of the molecule is CN1CCN(C)C(Cn2cncc2C2CCNCC2)C1. The highest BCUT2D eigenvalue weighted by Gasteiger charge is 2.25. The van der Waals surface area contributed by atoms with E-state index in [9.17, 15) is 0 Å². The van der Waals surface area contributed by atoms with E-state index in [1.807, 2.05) is 6.33 Å². The lowest BCUT2D eigenvalue weighted by atomic mass is 9.95. The predicted molar refractivity (Wildman–Crippen MR) is 81.0 cm³/mol. The molecule has 1 aromatic heterocycles. The molecule has 2 aliphatic rings. The van der Waals surface area contributed by atoms with Crippen molar-refractivity contribution in [1.82, 2.24) is 24.7 Å². The van der Waals surface area contributed by atoms with Gasteiger partial charge in [-0.05, 0) is 40.0 Å². The fourth-order valence-corrected chi connectivity index (χ4v) is 3.47. The average molecular weight is 277 g/mol. The maximum absolute atomic E-state index is 4.42. The van der Waals surface area contributed by atoms with Gasteiger partial charge in [-0.1, -0.05) is 0 Å². The molecule has 2 aliphatic heterocycles. The summed E-state index contributed by atoms with van der Waals surface area (Å²) in [5.41, 5.74) is 1.44. The van der Waals surface area contributed by atoms with Crippen LogP contribution in [0.5, 0.6) is 0 Å². The largest absolute Gasteiger partial charge is 0.333 e. The van der Waals surface area contributed by atoms with Crippen LogP contribution < -0.4 is 5.32 Å². The Bertz CT molecular complexity index is 424. The zero-order valence-corrected chi connectivity index (χ0v) is 12.8. The number of hydrogen-bond acceptors (Lipinski definition) is 4. The van der Waals surface area contributed by atoms with Crippen molar-refractivity contribution in [3.63, 3.8) is 0 Å². The monoisotopic (exact) mass is 277 g/mol. The van der Waals surface area contributed by atoms with Crippen LogP contribution in [-0.2, 0) is 6.54 Å². The summed E-state index contributed by atoms with van der Waals surface area (Å²) in [6, 6.07) is 0.600. The third-order valence-corrected chi connectivity index (χ3v) is 4.89. The van der Waals surface area contributed by atoms with Crippen molar-refractivity contribution in [2.75, 3.05) is 46.8 Å². The molecular weight excluding hydrogens is 250 g/mol. The van der Waals surface area contributed by atoms with Gasteiger partial charge in [0, 0.05) is 50.0 Å². The van der Waals surface area contributed by atoms with E-state index >= 15 is 0 Å². The van der Waals surface area contributed by atoms with Crippen LogP contribution in [0.25, 0.3) is 0 Å². The zero-order valence-electron chi connectivity index (χ0n) is 12.8. The Labute approximate surface area is 122 Å². The third kappa shape index (κ3) is 3.05. The molecule has 1 unspecified atom stereocenters. The second-order valence-electron chi connectivity index (χ2n) is 6.39. The van der Waals surface area contributed by atoms with E-state index in [1.165, 1.54) is 31.6 Å². The summed E-state index contributed by atoms with van der Waals surface area (Å²) in [6.45, 7) is 6.85. The number of rotatable bonds is 3. The second kappa shape index (κ2) is 6.24. The second-order valence-corrected chi connectivity index (χ2v) is 6.39. The first-order chi connectivity index (χ1) is 9.74. The Kier molecular flexibility index (Phi) is 4.38. The smallest absolute Gasteiger partial charge is 0.0948 e. The minimum absolute atomic E-state index is 0.600. The van der Waals surface area contributed by atoms with E-state index in [2.05, 4.69) is 45.0 Å². The van der Waals surface area contributed by atoms with Gasteiger partial charge in [0.15, 0.2) is 0 Å². The van der Waals surface area contributed by atoms with Crippen molar-refractivity contribution in [3.8, 4) is 0 Å². The summed E-state index contributed by atoms with van der Waals surface area (Å²) in [4.78, 5) is 9.35. The Morgan fingerprint density at radius 1 is 1.25 bits per heavy atom. The summed E-state index contributed by atoms with van der Waals surface area (Å²) in [5.74, 6) is 0.686. The van der Waals surface area contributed by atoms with E-state index in [1.54, 1.807) is 0 Å². The average Bonchev–Trinajstić information content (AvgIpc) is 2.92. The van der Waals surface area contributed by atoms with Crippen LogP contribution in [0.15, 0.2) is 12.5 Å². The molecule has 0 saturated carbocycles. The molecule has 2 fully saturated rings. The first-order valence-corrected chi connectivity index (χ1v) is 7.83. The van der Waals surface area contributed by atoms with Crippen molar-refractivity contribution in [3.05, 3.63) is 18.2 Å². The summed E-state index contributed by atoms with van der Waals surface area (Å²) in [5, 5.41) is 3.45. The molecule has 1 aromatic rings. The molecule has 0 amide bonds. The lowest BCUT2D eigenvalue weighted by molar-refractivity contribution is 0.102. The predicted octanol–water partition coefficient (Wildman–Crippen LogP) is 0.596. The van der Waals surface area contributed by atoms with Gasteiger partial charge in [-0.3, -0.25) is 4.90 Å². The van der Waals surface area contributed by atoms with Crippen LogP contribution in [0.3, 0.4) is 0 Å². The number of piperazine rings is 1. The molecule has 5 heteroatoms. The molecular formula is C15H27N5. The number of imidazole rings is 1. The van der Waals surface area contributed by atoms with Crippen LogP contribution in [0, 0.1) is 0 Å². The van der Waals surface area contributed by atoms with Gasteiger partial charge in [0.05, 0.1) is 6.33 Å². The number of hydrogen-bond donors (Lipinski definition) is 1. The molecule has 0 aromatic carbocycles. The van der Waals surface area contributed by atoms with Crippen LogP contribution >= 0.6 is 0 Å². The molecule has 0 aliphatic carbocycles. The minimum atomic E-state index is 0.600. The third-order valence-electron chi connectivity index (χ3n) is 4.89. The molecule has 2 saturated heterocycles. The zero-order chi connectivity index (χ0) is 13.9. The van der Waals surface area contributed by atoms with Crippen molar-refractivity contribution < 1.29 is 0 Å². The van der Waals surface area contributed by atoms with Gasteiger partial charge in [0.25, 0.3) is 0 Å². The maximum atomic E-state index is 4.42. The molecule has 3 rings (SSSR count). The standard InChI is InChI=1S/C15H27N5/c1-18-7-8-19(2)14(10-18)11-20-12-17-9-15(20)13-3-5-16-6-4-13/h9,12-14,16H,3-8,10-11H2,1-2H3. The highest BCUT2D eigenvalue weighted by atomic mass is 15.3. The molecule has 5 nitrogen and oxygen atoms in total. The first kappa shape index (κ1) is 14.0. The topological polar surface area (TPSA) is 36.3 Å². The molecule has 0 spiro atoms. The van der Waals surface area contributed by atoms with E-state index in [0.717, 1.165) is 26.2 Å². The van der Waals surface area contributed by atoms with Crippen LogP contribution in [-0.4, -0.2) is 72.2 Å². The summed E-state index contributed by atoms with van der Waals surface area (Å²) in [7, 11) is 4.47. The Morgan fingerprint density at radius 2 is 2.05 bits per heavy atom. The summed E-state index contributed by atoms with van der Waals surface area (Å²) in [6.07, 6.45) is 6.60. The normalized spacial score (nSPS) is 27.0. The number of nitrogens with zero attached hydrogens (tertiary/aromatic N) is 4. The van der Waals surface area contributed by atoms with Crippen molar-refractivity contribution >= 4 is 0 Å². The van der Waals surface area contributed by atoms with Gasteiger partial charge in [-0.25, -0.2) is 4.98 Å². The van der Waals surface area contributed by atoms with Crippen molar-refractivity contribution in [2.45, 2.75) is 31.3 Å². The lowest BCUT2D eigenvalue weighted by Crippen LogP contribution is -2.51. The summed E-state index contributed by atoms with van der Waals surface area (Å²) < 4.78 is 2.40. The fraction of sp³-hybridized carbons (Fsp3) is 0.800. The van der Waals surface area contributed by atoms with Crippen molar-refractivity contribution in [1.29, 1.82) is 0 Å². The highest BCUT2D eigenvalue weighted by Crippen LogP contribution is 2.25. The van der Waals surface area contributed by atoms with Gasteiger partial charge >= 0.3 is 0 Å². The van der Waals surface area contributed by atoms with Gasteiger partial charge in [-0.15, -0.1) is 0 Å².